The summed E-state index contributed by atoms with van der Waals surface area (Å²) in [6.07, 6.45) is 7.19. The molecule has 0 amide bonds. The van der Waals surface area contributed by atoms with Crippen molar-refractivity contribution in [3.63, 3.8) is 0 Å². The van der Waals surface area contributed by atoms with Crippen LogP contribution in [0.15, 0.2) is 12.5 Å². The van der Waals surface area contributed by atoms with Crippen LogP contribution in [0.1, 0.15) is 25.0 Å². The molecule has 1 aromatic heterocycles. The van der Waals surface area contributed by atoms with E-state index in [4.69, 9.17) is 0 Å². The third-order valence-electron chi connectivity index (χ3n) is 2.86. The van der Waals surface area contributed by atoms with Crippen molar-refractivity contribution in [2.45, 2.75) is 24.7 Å². The van der Waals surface area contributed by atoms with E-state index in [9.17, 15) is 5.11 Å². The van der Waals surface area contributed by atoms with Gasteiger partial charge in [-0.3, -0.25) is 0 Å². The summed E-state index contributed by atoms with van der Waals surface area (Å²) in [6, 6.07) is 0. The minimum atomic E-state index is 0.00125. The fourth-order valence-electron chi connectivity index (χ4n) is 1.79. The first-order chi connectivity index (χ1) is 5.77. The minimum absolute atomic E-state index is 0.00125. The quantitative estimate of drug-likeness (QED) is 0.706. The topological polar surface area (TPSA) is 38.0 Å². The van der Waals surface area contributed by atoms with Gasteiger partial charge >= 0.3 is 0 Å². The van der Waals surface area contributed by atoms with E-state index in [0.29, 0.717) is 0 Å². The van der Waals surface area contributed by atoms with Crippen molar-refractivity contribution in [3.05, 3.63) is 18.2 Å². The van der Waals surface area contributed by atoms with Crippen LogP contribution in [0.5, 0.6) is 0 Å². The van der Waals surface area contributed by atoms with Gasteiger partial charge in [0.1, 0.15) is 0 Å². The molecule has 1 aromatic rings. The van der Waals surface area contributed by atoms with Crippen LogP contribution >= 0.6 is 0 Å². The van der Waals surface area contributed by atoms with Crippen molar-refractivity contribution in [2.24, 2.45) is 7.05 Å². The Morgan fingerprint density at radius 3 is 2.75 bits per heavy atom. The van der Waals surface area contributed by atoms with Crippen molar-refractivity contribution < 1.29 is 5.11 Å². The van der Waals surface area contributed by atoms with Crippen LogP contribution < -0.4 is 0 Å². The average Bonchev–Trinajstić information content (AvgIpc) is 2.35. The Labute approximate surface area is 72.0 Å². The van der Waals surface area contributed by atoms with Gasteiger partial charge < -0.3 is 9.67 Å². The van der Waals surface area contributed by atoms with Crippen molar-refractivity contribution in [1.82, 2.24) is 9.55 Å². The monoisotopic (exact) mass is 166 g/mol. The number of aliphatic hydroxyl groups excluding tert-OH is 1. The largest absolute Gasteiger partial charge is 0.395 e. The van der Waals surface area contributed by atoms with Crippen LogP contribution in [0.25, 0.3) is 0 Å². The fraction of sp³-hybridized carbons (Fsp3) is 0.667. The standard InChI is InChI=1S/C9H14N2O/c1-11-5-8(10-7-11)9(6-12)3-2-4-9/h5,7,12H,2-4,6H2,1H3. The van der Waals surface area contributed by atoms with Gasteiger partial charge in [0.05, 0.1) is 18.6 Å². The number of hydrogen-bond donors (Lipinski definition) is 1. The maximum atomic E-state index is 9.25. The second-order valence-corrected chi connectivity index (χ2v) is 3.72. The highest BCUT2D eigenvalue weighted by atomic mass is 16.3. The molecule has 66 valence electrons. The number of hydrogen-bond acceptors (Lipinski definition) is 2. The number of imidazole rings is 1. The zero-order valence-corrected chi connectivity index (χ0v) is 7.32. The zero-order valence-electron chi connectivity index (χ0n) is 7.32. The van der Waals surface area contributed by atoms with E-state index in [-0.39, 0.29) is 12.0 Å². The summed E-state index contributed by atoms with van der Waals surface area (Å²) >= 11 is 0. The molecule has 1 fully saturated rings. The maximum absolute atomic E-state index is 9.25. The summed E-state index contributed by atoms with van der Waals surface area (Å²) < 4.78 is 1.94. The molecule has 0 aliphatic heterocycles. The summed E-state index contributed by atoms with van der Waals surface area (Å²) in [4.78, 5) is 4.28. The van der Waals surface area contributed by atoms with Gasteiger partial charge in [0.25, 0.3) is 0 Å². The molecule has 0 unspecified atom stereocenters. The summed E-state index contributed by atoms with van der Waals surface area (Å²) in [5.74, 6) is 0. The number of aryl methyl sites for hydroxylation is 1. The summed E-state index contributed by atoms with van der Waals surface area (Å²) in [5.41, 5.74) is 1.06. The van der Waals surface area contributed by atoms with E-state index in [0.717, 1.165) is 18.5 Å². The average molecular weight is 166 g/mol. The summed E-state index contributed by atoms with van der Waals surface area (Å²) in [5, 5.41) is 9.25. The Balaban J connectivity index is 2.27. The Kier molecular flexibility index (Phi) is 1.68. The van der Waals surface area contributed by atoms with Crippen LogP contribution in [-0.2, 0) is 12.5 Å². The minimum Gasteiger partial charge on any atom is -0.395 e. The Morgan fingerprint density at radius 1 is 1.67 bits per heavy atom. The SMILES string of the molecule is Cn1cnc(C2(CO)CCC2)c1. The molecule has 0 spiro atoms. The van der Waals surface area contributed by atoms with Crippen LogP contribution in [0.2, 0.25) is 0 Å². The van der Waals surface area contributed by atoms with E-state index in [1.165, 1.54) is 6.42 Å². The van der Waals surface area contributed by atoms with Gasteiger partial charge in [0.2, 0.25) is 0 Å². The van der Waals surface area contributed by atoms with Gasteiger partial charge in [-0.1, -0.05) is 6.42 Å². The van der Waals surface area contributed by atoms with E-state index >= 15 is 0 Å². The highest BCUT2D eigenvalue weighted by Gasteiger charge is 2.39. The number of nitrogens with zero attached hydrogens (tertiary/aromatic N) is 2. The number of aliphatic hydroxyl groups is 1. The third-order valence-corrected chi connectivity index (χ3v) is 2.86. The third kappa shape index (κ3) is 0.966. The Hall–Kier alpha value is -0.830. The maximum Gasteiger partial charge on any atom is 0.0947 e. The van der Waals surface area contributed by atoms with Crippen LogP contribution in [0.4, 0.5) is 0 Å². The smallest absolute Gasteiger partial charge is 0.0947 e. The zero-order chi connectivity index (χ0) is 8.60. The van der Waals surface area contributed by atoms with Crippen LogP contribution in [-0.4, -0.2) is 21.3 Å². The second kappa shape index (κ2) is 2.59. The van der Waals surface area contributed by atoms with E-state index in [1.807, 2.05) is 17.8 Å². The van der Waals surface area contributed by atoms with Gasteiger partial charge in [-0.2, -0.15) is 0 Å². The van der Waals surface area contributed by atoms with E-state index < -0.39 is 0 Å². The van der Waals surface area contributed by atoms with Crippen molar-refractivity contribution in [3.8, 4) is 0 Å². The predicted molar refractivity (Wildman–Crippen MR) is 45.8 cm³/mol. The molecule has 1 saturated carbocycles. The molecule has 1 heterocycles. The van der Waals surface area contributed by atoms with E-state index in [1.54, 1.807) is 6.33 Å². The molecule has 1 aliphatic rings. The molecule has 3 nitrogen and oxygen atoms in total. The number of aromatic nitrogens is 2. The van der Waals surface area contributed by atoms with Crippen LogP contribution in [0.3, 0.4) is 0 Å². The Bertz CT molecular complexity index is 270. The molecule has 0 saturated heterocycles. The lowest BCUT2D eigenvalue weighted by Gasteiger charge is -2.38. The molecule has 12 heavy (non-hydrogen) atoms. The highest BCUT2D eigenvalue weighted by Crippen LogP contribution is 2.42. The fourth-order valence-corrected chi connectivity index (χ4v) is 1.79. The van der Waals surface area contributed by atoms with Crippen molar-refractivity contribution in [2.75, 3.05) is 6.61 Å². The van der Waals surface area contributed by atoms with Crippen molar-refractivity contribution >= 4 is 0 Å². The van der Waals surface area contributed by atoms with Crippen LogP contribution in [0, 0.1) is 0 Å². The normalized spacial score (nSPS) is 20.5. The predicted octanol–water partition coefficient (Wildman–Crippen LogP) is 0.834. The molecule has 0 atom stereocenters. The van der Waals surface area contributed by atoms with Gasteiger partial charge in [0.15, 0.2) is 0 Å². The highest BCUT2D eigenvalue weighted by molar-refractivity contribution is 5.18. The molecule has 3 heteroatoms. The second-order valence-electron chi connectivity index (χ2n) is 3.72. The lowest BCUT2D eigenvalue weighted by Crippen LogP contribution is -2.38. The first kappa shape index (κ1) is 7.80. The molecule has 1 aliphatic carbocycles. The van der Waals surface area contributed by atoms with Gasteiger partial charge in [0, 0.05) is 18.7 Å². The molecular formula is C9H14N2O. The molecular weight excluding hydrogens is 152 g/mol. The molecule has 0 radical (unpaired) electrons. The number of rotatable bonds is 2. The van der Waals surface area contributed by atoms with Crippen molar-refractivity contribution in [1.29, 1.82) is 0 Å². The summed E-state index contributed by atoms with van der Waals surface area (Å²) in [7, 11) is 1.96. The lowest BCUT2D eigenvalue weighted by molar-refractivity contribution is 0.116. The molecule has 1 N–H and O–H groups in total. The lowest BCUT2D eigenvalue weighted by atomic mass is 9.67. The van der Waals surface area contributed by atoms with E-state index in [2.05, 4.69) is 4.98 Å². The first-order valence-electron chi connectivity index (χ1n) is 4.36. The van der Waals surface area contributed by atoms with Gasteiger partial charge in [-0.25, -0.2) is 4.98 Å². The molecule has 0 aromatic carbocycles. The molecule has 2 rings (SSSR count). The first-order valence-corrected chi connectivity index (χ1v) is 4.36. The van der Waals surface area contributed by atoms with Gasteiger partial charge in [-0.05, 0) is 12.8 Å². The van der Waals surface area contributed by atoms with Gasteiger partial charge in [-0.15, -0.1) is 0 Å². The Morgan fingerprint density at radius 2 is 2.42 bits per heavy atom. The molecule has 0 bridgehead atoms. The summed E-state index contributed by atoms with van der Waals surface area (Å²) in [6.45, 7) is 0.240.